The van der Waals surface area contributed by atoms with Crippen molar-refractivity contribution in [2.45, 2.75) is 24.3 Å². The number of nitrogens with one attached hydrogen (secondary N) is 1. The van der Waals surface area contributed by atoms with Gasteiger partial charge in [-0.3, -0.25) is 0 Å². The molecule has 1 saturated heterocycles. The molecule has 0 amide bonds. The van der Waals surface area contributed by atoms with Gasteiger partial charge in [-0.25, -0.2) is 8.42 Å². The molecule has 15 heteroatoms. The van der Waals surface area contributed by atoms with E-state index in [-0.39, 0.29) is 0 Å². The Balaban J connectivity index is 0.000000496. The molecule has 1 heterocycles. The van der Waals surface area contributed by atoms with Gasteiger partial charge in [-0.2, -0.15) is 30.4 Å². The largest absolute Gasteiger partial charge is 0.471 e. The molecule has 1 aliphatic heterocycles. The van der Waals surface area contributed by atoms with E-state index in [1.165, 1.54) is 25.9 Å². The van der Waals surface area contributed by atoms with Gasteiger partial charge in [0.05, 0.1) is 20.1 Å². The van der Waals surface area contributed by atoms with Crippen LogP contribution in [0.2, 0.25) is 0 Å². The van der Waals surface area contributed by atoms with E-state index in [4.69, 9.17) is 4.74 Å². The maximum Gasteiger partial charge on any atom is 0.471 e. The third-order valence-corrected chi connectivity index (χ3v) is 5.54. The summed E-state index contributed by atoms with van der Waals surface area (Å²) in [6.45, 7) is 3.49. The molecule has 1 N–H and O–H groups in total. The minimum Gasteiger partial charge on any atom is -0.335 e. The standard InChI is InChI=1S/C7H16NO.C2HF6NO4S2/c1-8(7-9-2)5-3-4-6-8;3-1(4,5)2(6,7)14(10,11)9-15(8,12)13/h3-7H2,1-2H3;9H/q+1;. The lowest BCUT2D eigenvalue weighted by Gasteiger charge is -2.27. The molecule has 0 unspecified atom stereocenters. The predicted octanol–water partition coefficient (Wildman–Crippen LogP) is 1.11. The SMILES string of the molecule is COC[N+]1(C)CCCC1.O=S(=O)(F)NS(=O)(=O)C(F)(F)C(F)(F)F. The van der Waals surface area contributed by atoms with Crippen molar-refractivity contribution in [2.24, 2.45) is 0 Å². The molecule has 0 radical (unpaired) electrons. The van der Waals surface area contributed by atoms with Crippen LogP contribution in [0.1, 0.15) is 12.8 Å². The van der Waals surface area contributed by atoms with Crippen molar-refractivity contribution in [3.63, 3.8) is 0 Å². The van der Waals surface area contributed by atoms with Crippen LogP contribution < -0.4 is 4.13 Å². The summed E-state index contributed by atoms with van der Waals surface area (Å²) in [7, 11) is -8.95. The van der Waals surface area contributed by atoms with E-state index in [0.717, 1.165) is 11.2 Å². The quantitative estimate of drug-likeness (QED) is 0.416. The zero-order valence-electron chi connectivity index (χ0n) is 12.6. The number of ether oxygens (including phenoxy) is 1. The van der Waals surface area contributed by atoms with E-state index in [1.54, 1.807) is 7.11 Å². The van der Waals surface area contributed by atoms with Crippen LogP contribution in [0.4, 0.5) is 25.8 Å². The minimum atomic E-state index is -6.75. The van der Waals surface area contributed by atoms with Crippen LogP contribution in [-0.2, 0) is 25.2 Å². The fraction of sp³-hybridized carbons (Fsp3) is 1.00. The summed E-state index contributed by atoms with van der Waals surface area (Å²) in [6.07, 6.45) is -3.82. The van der Waals surface area contributed by atoms with Crippen molar-refractivity contribution < 1.29 is 51.9 Å². The normalized spacial score (nSPS) is 18.8. The predicted molar refractivity (Wildman–Crippen MR) is 70.1 cm³/mol. The van der Waals surface area contributed by atoms with Gasteiger partial charge in [0, 0.05) is 20.0 Å². The van der Waals surface area contributed by atoms with Crippen LogP contribution in [0.15, 0.2) is 0 Å². The third-order valence-electron chi connectivity index (χ3n) is 2.96. The first-order chi connectivity index (χ1) is 10.5. The number of nitrogens with zero attached hydrogens (tertiary/aromatic N) is 1. The second-order valence-electron chi connectivity index (χ2n) is 5.23. The Morgan fingerprint density at radius 3 is 1.75 bits per heavy atom. The molecular weight excluding hydrogens is 394 g/mol. The Morgan fingerprint density at radius 1 is 1.04 bits per heavy atom. The summed E-state index contributed by atoms with van der Waals surface area (Å²) in [4.78, 5) is 0. The second-order valence-corrected chi connectivity index (χ2v) is 8.29. The minimum absolute atomic E-state index is 0.450. The van der Waals surface area contributed by atoms with Crippen LogP contribution >= 0.6 is 0 Å². The van der Waals surface area contributed by atoms with E-state index in [9.17, 15) is 42.7 Å². The van der Waals surface area contributed by atoms with Gasteiger partial charge in [-0.05, 0) is 0 Å². The molecule has 1 rings (SSSR count). The van der Waals surface area contributed by atoms with Gasteiger partial charge in [0.2, 0.25) is 0 Å². The Labute approximate surface area is 135 Å². The number of alkyl halides is 5. The number of rotatable bonds is 5. The van der Waals surface area contributed by atoms with Crippen molar-refractivity contribution in [1.29, 1.82) is 0 Å². The highest BCUT2D eigenvalue weighted by Crippen LogP contribution is 2.39. The van der Waals surface area contributed by atoms with Gasteiger partial charge >= 0.3 is 31.9 Å². The van der Waals surface area contributed by atoms with Gasteiger partial charge < -0.3 is 9.22 Å². The number of hydrogen-bond acceptors (Lipinski definition) is 5. The molecule has 0 aromatic carbocycles. The number of quaternary nitrogens is 1. The van der Waals surface area contributed by atoms with Crippen LogP contribution in [0.3, 0.4) is 0 Å². The average molecular weight is 411 g/mol. The molecule has 0 aliphatic carbocycles. The molecule has 7 nitrogen and oxygen atoms in total. The maximum atomic E-state index is 12.0. The first-order valence-electron chi connectivity index (χ1n) is 6.22. The molecule has 0 spiro atoms. The summed E-state index contributed by atoms with van der Waals surface area (Å²) in [5.74, 6) is 0. The van der Waals surface area contributed by atoms with E-state index in [2.05, 4.69) is 7.05 Å². The van der Waals surface area contributed by atoms with E-state index in [0.29, 0.717) is 0 Å². The van der Waals surface area contributed by atoms with Crippen molar-refractivity contribution in [2.75, 3.05) is 34.0 Å². The van der Waals surface area contributed by atoms with Crippen molar-refractivity contribution >= 4 is 20.4 Å². The Hall–Kier alpha value is -0.640. The second kappa shape index (κ2) is 7.72. The first-order valence-corrected chi connectivity index (χ1v) is 9.09. The molecule has 0 aromatic heterocycles. The average Bonchev–Trinajstić information content (AvgIpc) is 2.72. The van der Waals surface area contributed by atoms with Crippen molar-refractivity contribution in [3.05, 3.63) is 0 Å². The summed E-state index contributed by atoms with van der Waals surface area (Å²) < 4.78 is 115. The molecule has 0 atom stereocenters. The molecular formula is C9H17F6N2O5S2+. The zero-order valence-corrected chi connectivity index (χ0v) is 14.2. The molecule has 1 fully saturated rings. The lowest BCUT2D eigenvalue weighted by Crippen LogP contribution is -2.50. The number of methoxy groups -OCH3 is 1. The molecule has 0 bridgehead atoms. The number of halogens is 6. The topological polar surface area (TPSA) is 89.5 Å². The monoisotopic (exact) mass is 411 g/mol. The molecule has 0 aromatic rings. The highest BCUT2D eigenvalue weighted by molar-refractivity contribution is 8.03. The Morgan fingerprint density at radius 2 is 1.46 bits per heavy atom. The van der Waals surface area contributed by atoms with Crippen LogP contribution in [-0.4, -0.2) is 66.7 Å². The van der Waals surface area contributed by atoms with E-state index < -0.39 is 36.0 Å². The van der Waals surface area contributed by atoms with Crippen molar-refractivity contribution in [1.82, 2.24) is 4.13 Å². The fourth-order valence-corrected chi connectivity index (χ4v) is 3.65. The fourth-order valence-electron chi connectivity index (χ4n) is 1.88. The van der Waals surface area contributed by atoms with Gasteiger partial charge in [-0.15, -0.1) is 0 Å². The van der Waals surface area contributed by atoms with Crippen LogP contribution in [0.25, 0.3) is 0 Å². The first kappa shape index (κ1) is 23.4. The van der Waals surface area contributed by atoms with E-state index in [1.807, 2.05) is 0 Å². The molecule has 146 valence electrons. The smallest absolute Gasteiger partial charge is 0.335 e. The van der Waals surface area contributed by atoms with Gasteiger partial charge in [0.15, 0.2) is 6.73 Å². The highest BCUT2D eigenvalue weighted by Gasteiger charge is 2.68. The number of hydrogen-bond donors (Lipinski definition) is 1. The maximum absolute atomic E-state index is 12.0. The van der Waals surface area contributed by atoms with Gasteiger partial charge in [0.1, 0.15) is 0 Å². The molecule has 24 heavy (non-hydrogen) atoms. The van der Waals surface area contributed by atoms with Gasteiger partial charge in [-0.1, -0.05) is 8.01 Å². The Kier molecular flexibility index (Phi) is 7.51. The van der Waals surface area contributed by atoms with E-state index >= 15 is 0 Å². The summed E-state index contributed by atoms with van der Waals surface area (Å²) in [5.41, 5.74) is 0. The number of sulfonamides is 1. The summed E-state index contributed by atoms with van der Waals surface area (Å²) in [5, 5.41) is -6.42. The van der Waals surface area contributed by atoms with Gasteiger partial charge in [0.25, 0.3) is 0 Å². The molecule has 1 aliphatic rings. The zero-order chi connectivity index (χ0) is 19.4. The Bertz CT molecular complexity index is 613. The summed E-state index contributed by atoms with van der Waals surface area (Å²) in [6, 6.07) is 0. The summed E-state index contributed by atoms with van der Waals surface area (Å²) >= 11 is 0. The lowest BCUT2D eigenvalue weighted by atomic mass is 10.4. The van der Waals surface area contributed by atoms with Crippen LogP contribution in [0.5, 0.6) is 0 Å². The van der Waals surface area contributed by atoms with Crippen molar-refractivity contribution in [3.8, 4) is 0 Å². The third kappa shape index (κ3) is 6.70. The lowest BCUT2D eigenvalue weighted by molar-refractivity contribution is -0.916. The number of likely N-dealkylation sites (tertiary alicyclic amines) is 1. The molecule has 0 saturated carbocycles. The highest BCUT2D eigenvalue weighted by atomic mass is 32.3. The van der Waals surface area contributed by atoms with Crippen LogP contribution in [0, 0.1) is 0 Å².